The molecule has 2 aromatic heterocycles. The predicted molar refractivity (Wildman–Crippen MR) is 128 cm³/mol. The van der Waals surface area contributed by atoms with Crippen LogP contribution in [0.3, 0.4) is 0 Å². The van der Waals surface area contributed by atoms with Gasteiger partial charge in [0.1, 0.15) is 24.0 Å². The fraction of sp³-hybridized carbons (Fsp3) is 0.385. The molecule has 186 valence electrons. The Morgan fingerprint density at radius 2 is 2.03 bits per heavy atom. The molecule has 1 N–H and O–H groups in total. The highest BCUT2D eigenvalue weighted by atomic mass is 16.5. The Kier molecular flexibility index (Phi) is 5.90. The summed E-state index contributed by atoms with van der Waals surface area (Å²) in [5, 5.41) is 2.34. The van der Waals surface area contributed by atoms with Gasteiger partial charge in [-0.15, -0.1) is 0 Å². The molecule has 0 saturated carbocycles. The van der Waals surface area contributed by atoms with E-state index in [1.807, 2.05) is 16.7 Å². The van der Waals surface area contributed by atoms with Crippen LogP contribution in [-0.2, 0) is 34.0 Å². The molecule has 6 rings (SSSR count). The number of piperidine rings is 1. The maximum absolute atomic E-state index is 13.1. The van der Waals surface area contributed by atoms with Crippen LogP contribution < -0.4 is 10.1 Å². The first-order valence-electron chi connectivity index (χ1n) is 12.2. The summed E-state index contributed by atoms with van der Waals surface area (Å²) in [6.45, 7) is 4.69. The van der Waals surface area contributed by atoms with E-state index in [0.29, 0.717) is 24.3 Å². The van der Waals surface area contributed by atoms with E-state index in [-0.39, 0.29) is 24.8 Å². The highest BCUT2D eigenvalue weighted by Crippen LogP contribution is 2.34. The number of hydrogen-bond donors (Lipinski definition) is 1. The number of rotatable bonds is 6. The van der Waals surface area contributed by atoms with Crippen molar-refractivity contribution in [3.63, 3.8) is 0 Å². The van der Waals surface area contributed by atoms with Crippen molar-refractivity contribution in [3.05, 3.63) is 65.1 Å². The van der Waals surface area contributed by atoms with Crippen molar-refractivity contribution < 1.29 is 23.9 Å². The number of carbonyl (C=O) groups is 3. The number of aromatic nitrogens is 2. The van der Waals surface area contributed by atoms with Crippen LogP contribution in [0, 0.1) is 0 Å². The molecule has 2 saturated heterocycles. The van der Waals surface area contributed by atoms with E-state index in [2.05, 4.69) is 27.5 Å². The van der Waals surface area contributed by atoms with E-state index < -0.39 is 11.9 Å². The molecule has 3 aromatic rings. The maximum Gasteiger partial charge on any atom is 0.255 e. The summed E-state index contributed by atoms with van der Waals surface area (Å²) in [6, 6.07) is 6.87. The lowest BCUT2D eigenvalue weighted by atomic mass is 10.0. The lowest BCUT2D eigenvalue weighted by Gasteiger charge is -2.29. The van der Waals surface area contributed by atoms with Crippen LogP contribution in [0.25, 0.3) is 5.65 Å². The molecule has 10 heteroatoms. The Hall–Kier alpha value is -3.76. The highest BCUT2D eigenvalue weighted by molar-refractivity contribution is 6.05. The number of imide groups is 1. The first kappa shape index (κ1) is 22.7. The van der Waals surface area contributed by atoms with Gasteiger partial charge in [0, 0.05) is 61.3 Å². The first-order valence-corrected chi connectivity index (χ1v) is 12.2. The number of amides is 3. The van der Waals surface area contributed by atoms with Gasteiger partial charge in [0.25, 0.3) is 5.91 Å². The Morgan fingerprint density at radius 3 is 2.86 bits per heavy atom. The topological polar surface area (TPSA) is 105 Å². The number of fused-ring (bicyclic) bond motifs is 2. The van der Waals surface area contributed by atoms with Gasteiger partial charge in [0.15, 0.2) is 0 Å². The summed E-state index contributed by atoms with van der Waals surface area (Å²) in [5.41, 5.74) is 4.24. The molecule has 1 atom stereocenters. The first-order chi connectivity index (χ1) is 17.6. The van der Waals surface area contributed by atoms with Gasteiger partial charge in [0.05, 0.1) is 19.8 Å². The Morgan fingerprint density at radius 1 is 1.17 bits per heavy atom. The number of hydrogen-bond acceptors (Lipinski definition) is 7. The fourth-order valence-corrected chi connectivity index (χ4v) is 5.23. The van der Waals surface area contributed by atoms with E-state index in [1.165, 1.54) is 10.5 Å². The van der Waals surface area contributed by atoms with Crippen LogP contribution >= 0.6 is 0 Å². The molecule has 3 aliphatic heterocycles. The minimum atomic E-state index is -0.656. The third-order valence-electron chi connectivity index (χ3n) is 7.05. The normalized spacial score (nSPS) is 20.6. The van der Waals surface area contributed by atoms with Crippen molar-refractivity contribution in [3.8, 4) is 5.75 Å². The molecule has 0 aliphatic carbocycles. The lowest BCUT2D eigenvalue weighted by Crippen LogP contribution is -2.52. The molecule has 36 heavy (non-hydrogen) atoms. The van der Waals surface area contributed by atoms with Crippen LogP contribution in [0.15, 0.2) is 42.9 Å². The van der Waals surface area contributed by atoms with Crippen LogP contribution in [0.1, 0.15) is 39.9 Å². The SMILES string of the molecule is O=C1CCC(N2Cc3c(OCc4cc(CN5CCOCC5)cn5ccnc45)cccc3C2=O)C(=O)N1. The molecule has 3 aliphatic rings. The minimum Gasteiger partial charge on any atom is -0.488 e. The average Bonchev–Trinajstić information content (AvgIpc) is 3.48. The zero-order valence-corrected chi connectivity index (χ0v) is 19.8. The van der Waals surface area contributed by atoms with Gasteiger partial charge in [-0.05, 0) is 30.2 Å². The quantitative estimate of drug-likeness (QED) is 0.523. The Bertz CT molecular complexity index is 1350. The second-order valence-corrected chi connectivity index (χ2v) is 9.39. The van der Waals surface area contributed by atoms with Gasteiger partial charge in [-0.3, -0.25) is 24.6 Å². The summed E-state index contributed by atoms with van der Waals surface area (Å²) >= 11 is 0. The van der Waals surface area contributed by atoms with Gasteiger partial charge >= 0.3 is 0 Å². The number of morpholine rings is 1. The second kappa shape index (κ2) is 9.36. The molecule has 0 spiro atoms. The van der Waals surface area contributed by atoms with Crippen LogP contribution in [0.4, 0.5) is 0 Å². The van der Waals surface area contributed by atoms with Crippen LogP contribution in [0.2, 0.25) is 0 Å². The lowest BCUT2D eigenvalue weighted by molar-refractivity contribution is -0.136. The van der Waals surface area contributed by atoms with Crippen molar-refractivity contribution in [2.24, 2.45) is 0 Å². The van der Waals surface area contributed by atoms with Gasteiger partial charge in [-0.2, -0.15) is 0 Å². The molecule has 0 bridgehead atoms. The van der Waals surface area contributed by atoms with E-state index >= 15 is 0 Å². The average molecular weight is 490 g/mol. The van der Waals surface area contributed by atoms with E-state index in [4.69, 9.17) is 9.47 Å². The Balaban J connectivity index is 1.22. The number of nitrogens with one attached hydrogen (secondary N) is 1. The summed E-state index contributed by atoms with van der Waals surface area (Å²) < 4.78 is 13.7. The molecule has 1 aromatic carbocycles. The summed E-state index contributed by atoms with van der Waals surface area (Å²) in [7, 11) is 0. The highest BCUT2D eigenvalue weighted by Gasteiger charge is 2.40. The van der Waals surface area contributed by atoms with Crippen molar-refractivity contribution in [2.45, 2.75) is 38.6 Å². The molecular formula is C26H27N5O5. The predicted octanol–water partition coefficient (Wildman–Crippen LogP) is 1.51. The standard InChI is InChI=1S/C26H27N5O5/c32-23-5-4-21(25(33)28-23)31-15-20-19(26(31)34)2-1-3-22(20)36-16-18-12-17(13-29-8-10-35-11-9-29)14-30-7-6-27-24(18)30/h1-3,6-7,12,14,21H,4-5,8-11,13,15-16H2,(H,28,32,33). The largest absolute Gasteiger partial charge is 0.488 e. The van der Waals surface area contributed by atoms with Crippen molar-refractivity contribution >= 4 is 23.4 Å². The fourth-order valence-electron chi connectivity index (χ4n) is 5.23. The third-order valence-corrected chi connectivity index (χ3v) is 7.05. The zero-order chi connectivity index (χ0) is 24.6. The third kappa shape index (κ3) is 4.22. The molecule has 2 fully saturated rings. The van der Waals surface area contributed by atoms with Crippen LogP contribution in [-0.4, -0.2) is 69.3 Å². The molecular weight excluding hydrogens is 462 g/mol. The number of ether oxygens (including phenoxy) is 2. The smallest absolute Gasteiger partial charge is 0.255 e. The molecule has 0 radical (unpaired) electrons. The number of benzene rings is 1. The van der Waals surface area contributed by atoms with E-state index in [9.17, 15) is 14.4 Å². The van der Waals surface area contributed by atoms with Gasteiger partial charge in [0.2, 0.25) is 11.8 Å². The molecule has 10 nitrogen and oxygen atoms in total. The maximum atomic E-state index is 13.1. The Labute approximate surface area is 207 Å². The number of carbonyl (C=O) groups excluding carboxylic acids is 3. The number of imidazole rings is 1. The monoisotopic (exact) mass is 489 g/mol. The number of nitrogens with zero attached hydrogens (tertiary/aromatic N) is 4. The van der Waals surface area contributed by atoms with Crippen LogP contribution in [0.5, 0.6) is 5.75 Å². The van der Waals surface area contributed by atoms with Gasteiger partial charge in [-0.25, -0.2) is 4.98 Å². The summed E-state index contributed by atoms with van der Waals surface area (Å²) in [6.07, 6.45) is 6.35. The molecule has 3 amide bonds. The summed E-state index contributed by atoms with van der Waals surface area (Å²) in [5.74, 6) is -0.328. The summed E-state index contributed by atoms with van der Waals surface area (Å²) in [4.78, 5) is 45.4. The van der Waals surface area contributed by atoms with Gasteiger partial charge < -0.3 is 18.8 Å². The zero-order valence-electron chi connectivity index (χ0n) is 19.8. The van der Waals surface area contributed by atoms with E-state index in [0.717, 1.165) is 49.6 Å². The number of pyridine rings is 1. The van der Waals surface area contributed by atoms with Crippen molar-refractivity contribution in [1.29, 1.82) is 0 Å². The van der Waals surface area contributed by atoms with Crippen molar-refractivity contribution in [2.75, 3.05) is 26.3 Å². The van der Waals surface area contributed by atoms with E-state index in [1.54, 1.807) is 18.3 Å². The van der Waals surface area contributed by atoms with Gasteiger partial charge in [-0.1, -0.05) is 6.07 Å². The minimum absolute atomic E-state index is 0.215. The van der Waals surface area contributed by atoms with Crippen molar-refractivity contribution in [1.82, 2.24) is 24.5 Å². The molecule has 5 heterocycles. The molecule has 1 unspecified atom stereocenters. The second-order valence-electron chi connectivity index (χ2n) is 9.39.